The molecule has 3 aromatic rings. The molecule has 10 heteroatoms. The van der Waals surface area contributed by atoms with Gasteiger partial charge < -0.3 is 26.1 Å². The Hall–Kier alpha value is -3.33. The van der Waals surface area contributed by atoms with Crippen LogP contribution in [0.1, 0.15) is 16.1 Å². The molecule has 8 nitrogen and oxygen atoms in total. The van der Waals surface area contributed by atoms with E-state index in [-0.39, 0.29) is 28.3 Å². The number of hydrogen-bond acceptors (Lipinski definition) is 6. The summed E-state index contributed by atoms with van der Waals surface area (Å²) in [7, 11) is 1.43. The number of nitrogens with two attached hydrogens (primary N) is 1. The summed E-state index contributed by atoms with van der Waals surface area (Å²) >= 11 is 6.10. The Morgan fingerprint density at radius 2 is 2.21 bits per heavy atom. The number of carbonyl (C=O) groups excluding carboxylic acids is 1. The Balaban J connectivity index is 1.91. The van der Waals surface area contributed by atoms with Crippen molar-refractivity contribution in [2.24, 2.45) is 0 Å². The third kappa shape index (κ3) is 3.09. The quantitative estimate of drug-likeness (QED) is 0.533. The number of anilines is 3. The van der Waals surface area contributed by atoms with Gasteiger partial charge in [-0.15, -0.1) is 0 Å². The lowest BCUT2D eigenvalue weighted by Gasteiger charge is -2.17. The highest BCUT2D eigenvalue weighted by Gasteiger charge is 2.28. The highest BCUT2D eigenvalue weighted by molar-refractivity contribution is 6.32. The molecular weight excluding hydrogens is 387 g/mol. The Labute approximate surface area is 164 Å². The number of aromatic amines is 1. The molecule has 0 aliphatic carbocycles. The van der Waals surface area contributed by atoms with Gasteiger partial charge in [0, 0.05) is 30.9 Å². The van der Waals surface area contributed by atoms with E-state index in [0.717, 1.165) is 11.8 Å². The Kier molecular flexibility index (Phi) is 4.52. The van der Waals surface area contributed by atoms with Crippen molar-refractivity contribution in [3.05, 3.63) is 46.5 Å². The van der Waals surface area contributed by atoms with Crippen molar-refractivity contribution < 1.29 is 13.9 Å². The number of nitrogens with zero attached hydrogens (tertiary/aromatic N) is 2. The van der Waals surface area contributed by atoms with Crippen LogP contribution in [0.4, 0.5) is 21.7 Å². The number of halogens is 2. The van der Waals surface area contributed by atoms with Gasteiger partial charge in [0.05, 0.1) is 40.5 Å². The lowest BCUT2D eigenvalue weighted by atomic mass is 10.1. The number of nitrogen functional groups attached to an aromatic ring is 1. The van der Waals surface area contributed by atoms with Gasteiger partial charge in [0.15, 0.2) is 5.75 Å². The third-order valence-electron chi connectivity index (χ3n) is 4.37. The fourth-order valence-electron chi connectivity index (χ4n) is 3.20. The second-order valence-electron chi connectivity index (χ2n) is 6.13. The highest BCUT2D eigenvalue weighted by Crippen LogP contribution is 2.40. The molecule has 1 amide bonds. The zero-order valence-corrected chi connectivity index (χ0v) is 15.5. The van der Waals surface area contributed by atoms with Gasteiger partial charge in [0.2, 0.25) is 5.95 Å². The standard InChI is InChI=1S/C18H16ClFN6O2/c1-28-16-9(19)6-8(20)7-12(16)25-15-13-10(2-4-22-17(13)27)24-14(15)11-3-5-23-18(21)26-11/h3,5-7,24-25H,2,4H2,1H3,(H,22,27)(H2,21,23,26). The predicted molar refractivity (Wildman–Crippen MR) is 104 cm³/mol. The van der Waals surface area contributed by atoms with Gasteiger partial charge >= 0.3 is 0 Å². The molecule has 1 aliphatic heterocycles. The number of aromatic nitrogens is 3. The SMILES string of the molecule is COc1c(Cl)cc(F)cc1Nc1c(-c2ccnc(N)n2)[nH]c2c1C(=O)NCC2. The summed E-state index contributed by atoms with van der Waals surface area (Å²) in [5.74, 6) is -0.459. The van der Waals surface area contributed by atoms with E-state index in [1.165, 1.54) is 19.4 Å². The fraction of sp³-hybridized carbons (Fsp3) is 0.167. The molecule has 0 atom stereocenters. The minimum absolute atomic E-state index is 0.0897. The lowest BCUT2D eigenvalue weighted by molar-refractivity contribution is 0.0947. The average molecular weight is 403 g/mol. The molecule has 0 fully saturated rings. The van der Waals surface area contributed by atoms with E-state index in [1.807, 2.05) is 0 Å². The Bertz CT molecular complexity index is 1080. The van der Waals surface area contributed by atoms with Crippen LogP contribution in [0.2, 0.25) is 5.02 Å². The number of hydrogen-bond donors (Lipinski definition) is 4. The molecule has 0 saturated carbocycles. The van der Waals surface area contributed by atoms with Crippen molar-refractivity contribution >= 4 is 34.8 Å². The van der Waals surface area contributed by atoms with E-state index < -0.39 is 5.82 Å². The number of H-pyrrole nitrogens is 1. The molecule has 2 aromatic heterocycles. The first-order valence-corrected chi connectivity index (χ1v) is 8.77. The van der Waals surface area contributed by atoms with Crippen LogP contribution >= 0.6 is 11.6 Å². The molecule has 1 aliphatic rings. The minimum atomic E-state index is -0.546. The number of amides is 1. The fourth-order valence-corrected chi connectivity index (χ4v) is 3.49. The minimum Gasteiger partial charge on any atom is -0.493 e. The molecular formula is C18H16ClFN6O2. The van der Waals surface area contributed by atoms with Gasteiger partial charge in [-0.2, -0.15) is 0 Å². The number of carbonyl (C=O) groups is 1. The van der Waals surface area contributed by atoms with Gasteiger partial charge in [-0.25, -0.2) is 14.4 Å². The monoisotopic (exact) mass is 402 g/mol. The number of benzene rings is 1. The van der Waals surface area contributed by atoms with Crippen LogP contribution in [0, 0.1) is 5.82 Å². The van der Waals surface area contributed by atoms with Crippen molar-refractivity contribution in [2.75, 3.05) is 24.7 Å². The number of ether oxygens (including phenoxy) is 1. The summed E-state index contributed by atoms with van der Waals surface area (Å²) in [6, 6.07) is 4.05. The topological polar surface area (TPSA) is 118 Å². The van der Waals surface area contributed by atoms with E-state index >= 15 is 0 Å². The number of fused-ring (bicyclic) bond motifs is 1. The first kappa shape index (κ1) is 18.1. The van der Waals surface area contributed by atoms with E-state index in [2.05, 4.69) is 25.6 Å². The zero-order chi connectivity index (χ0) is 19.8. The molecule has 0 spiro atoms. The summed E-state index contributed by atoms with van der Waals surface area (Å²) in [5, 5.41) is 6.00. The van der Waals surface area contributed by atoms with Crippen LogP contribution < -0.4 is 21.1 Å². The summed E-state index contributed by atoms with van der Waals surface area (Å²) in [6.45, 7) is 0.506. The average Bonchev–Trinajstić information content (AvgIpc) is 3.01. The molecule has 0 unspecified atom stereocenters. The summed E-state index contributed by atoms with van der Waals surface area (Å²) in [5.41, 5.74) is 8.57. The summed E-state index contributed by atoms with van der Waals surface area (Å²) in [6.07, 6.45) is 2.12. The maximum Gasteiger partial charge on any atom is 0.255 e. The van der Waals surface area contributed by atoms with Gasteiger partial charge in [-0.1, -0.05) is 11.6 Å². The predicted octanol–water partition coefficient (Wildman–Crippen LogP) is 2.88. The zero-order valence-electron chi connectivity index (χ0n) is 14.8. The van der Waals surface area contributed by atoms with Crippen molar-refractivity contribution in [2.45, 2.75) is 6.42 Å². The van der Waals surface area contributed by atoms with Crippen LogP contribution in [0.3, 0.4) is 0 Å². The maximum absolute atomic E-state index is 14.0. The molecule has 0 bridgehead atoms. The van der Waals surface area contributed by atoms with E-state index in [1.54, 1.807) is 6.07 Å². The van der Waals surface area contributed by atoms with Gasteiger partial charge in [0.1, 0.15) is 5.82 Å². The summed E-state index contributed by atoms with van der Waals surface area (Å²) in [4.78, 5) is 23.9. The molecule has 5 N–H and O–H groups in total. The number of rotatable bonds is 4. The van der Waals surface area contributed by atoms with Crippen molar-refractivity contribution in [1.82, 2.24) is 20.3 Å². The van der Waals surface area contributed by atoms with Gasteiger partial charge in [0.25, 0.3) is 5.91 Å². The Morgan fingerprint density at radius 1 is 1.39 bits per heavy atom. The van der Waals surface area contributed by atoms with E-state index in [9.17, 15) is 9.18 Å². The van der Waals surface area contributed by atoms with Crippen molar-refractivity contribution in [3.8, 4) is 17.1 Å². The van der Waals surface area contributed by atoms with Crippen LogP contribution in [0.25, 0.3) is 11.4 Å². The maximum atomic E-state index is 14.0. The molecule has 1 aromatic carbocycles. The van der Waals surface area contributed by atoms with Crippen LogP contribution in [-0.4, -0.2) is 34.5 Å². The second-order valence-corrected chi connectivity index (χ2v) is 6.54. The van der Waals surface area contributed by atoms with Crippen LogP contribution in [0.15, 0.2) is 24.4 Å². The Morgan fingerprint density at radius 3 is 2.96 bits per heavy atom. The van der Waals surface area contributed by atoms with Crippen LogP contribution in [0.5, 0.6) is 5.75 Å². The largest absolute Gasteiger partial charge is 0.493 e. The molecule has 4 rings (SSSR count). The molecule has 3 heterocycles. The number of nitrogens with one attached hydrogen (secondary N) is 3. The van der Waals surface area contributed by atoms with E-state index in [0.29, 0.717) is 35.6 Å². The van der Waals surface area contributed by atoms with Gasteiger partial charge in [-0.05, 0) is 12.1 Å². The van der Waals surface area contributed by atoms with Crippen molar-refractivity contribution in [1.29, 1.82) is 0 Å². The number of methoxy groups -OCH3 is 1. The van der Waals surface area contributed by atoms with E-state index in [4.69, 9.17) is 22.1 Å². The first-order chi connectivity index (χ1) is 13.5. The first-order valence-electron chi connectivity index (χ1n) is 8.40. The lowest BCUT2D eigenvalue weighted by Crippen LogP contribution is -2.31. The molecule has 0 radical (unpaired) electrons. The van der Waals surface area contributed by atoms with Crippen molar-refractivity contribution in [3.63, 3.8) is 0 Å². The molecule has 28 heavy (non-hydrogen) atoms. The molecule has 0 saturated heterocycles. The smallest absolute Gasteiger partial charge is 0.255 e. The summed E-state index contributed by atoms with van der Waals surface area (Å²) < 4.78 is 19.3. The van der Waals surface area contributed by atoms with Crippen LogP contribution in [-0.2, 0) is 6.42 Å². The third-order valence-corrected chi connectivity index (χ3v) is 4.65. The highest BCUT2D eigenvalue weighted by atomic mass is 35.5. The normalized spacial score (nSPS) is 13.0. The molecule has 144 valence electrons. The van der Waals surface area contributed by atoms with Gasteiger partial charge in [-0.3, -0.25) is 4.79 Å². The second kappa shape index (κ2) is 7.01.